The summed E-state index contributed by atoms with van der Waals surface area (Å²) in [6.07, 6.45) is 1.61. The van der Waals surface area contributed by atoms with Crippen molar-refractivity contribution in [2.45, 2.75) is 12.8 Å². The number of hydrogen-bond donors (Lipinski definition) is 0. The highest BCUT2D eigenvalue weighted by Gasteiger charge is 1.99. The van der Waals surface area contributed by atoms with Crippen molar-refractivity contribution < 1.29 is 9.18 Å². The van der Waals surface area contributed by atoms with E-state index in [2.05, 4.69) is 0 Å². The Bertz CT molecular complexity index is 354. The van der Waals surface area contributed by atoms with Crippen molar-refractivity contribution in [3.8, 4) is 6.07 Å². The molecule has 0 unspecified atom stereocenters. The average molecular weight is 177 g/mol. The summed E-state index contributed by atoms with van der Waals surface area (Å²) in [5, 5.41) is 8.53. The highest BCUT2D eigenvalue weighted by molar-refractivity contribution is 5.50. The lowest BCUT2D eigenvalue weighted by molar-refractivity contribution is -0.107. The monoisotopic (exact) mass is 177 g/mol. The molecule has 1 aromatic carbocycles. The first-order valence-electron chi connectivity index (χ1n) is 3.89. The Morgan fingerprint density at radius 2 is 2.23 bits per heavy atom. The second kappa shape index (κ2) is 4.36. The number of benzene rings is 1. The van der Waals surface area contributed by atoms with Gasteiger partial charge in [0.05, 0.1) is 11.6 Å². The molecule has 0 atom stereocenters. The van der Waals surface area contributed by atoms with Crippen molar-refractivity contribution in [1.29, 1.82) is 5.26 Å². The molecule has 3 heteroatoms. The van der Waals surface area contributed by atoms with Crippen LogP contribution in [0.3, 0.4) is 0 Å². The maximum absolute atomic E-state index is 12.8. The first-order valence-corrected chi connectivity index (χ1v) is 3.89. The molecule has 0 bridgehead atoms. The van der Waals surface area contributed by atoms with Crippen LogP contribution >= 0.6 is 0 Å². The summed E-state index contributed by atoms with van der Waals surface area (Å²) in [5.74, 6) is -0.431. The zero-order chi connectivity index (χ0) is 9.68. The van der Waals surface area contributed by atoms with E-state index in [-0.39, 0.29) is 0 Å². The van der Waals surface area contributed by atoms with E-state index in [1.807, 2.05) is 6.07 Å². The van der Waals surface area contributed by atoms with E-state index in [0.29, 0.717) is 24.0 Å². The number of halogens is 1. The van der Waals surface area contributed by atoms with E-state index in [9.17, 15) is 9.18 Å². The third kappa shape index (κ3) is 2.68. The quantitative estimate of drug-likeness (QED) is 0.661. The molecule has 0 aliphatic heterocycles. The molecule has 0 radical (unpaired) electrons. The Labute approximate surface area is 75.6 Å². The Hall–Kier alpha value is -1.69. The molecule has 1 rings (SSSR count). The van der Waals surface area contributed by atoms with E-state index in [0.717, 1.165) is 6.29 Å². The van der Waals surface area contributed by atoms with Gasteiger partial charge >= 0.3 is 0 Å². The molecule has 0 spiro atoms. The van der Waals surface area contributed by atoms with Gasteiger partial charge in [0.25, 0.3) is 0 Å². The van der Waals surface area contributed by atoms with Crippen LogP contribution in [0.15, 0.2) is 18.2 Å². The van der Waals surface area contributed by atoms with Gasteiger partial charge in [-0.3, -0.25) is 0 Å². The molecule has 0 saturated carbocycles. The number of nitrogens with zero attached hydrogens (tertiary/aromatic N) is 1. The molecule has 13 heavy (non-hydrogen) atoms. The van der Waals surface area contributed by atoms with Crippen LogP contribution in [-0.4, -0.2) is 6.29 Å². The lowest BCUT2D eigenvalue weighted by atomic mass is 10.1. The van der Waals surface area contributed by atoms with Crippen LogP contribution < -0.4 is 0 Å². The summed E-state index contributed by atoms with van der Waals surface area (Å²) in [5.41, 5.74) is 0.976. The van der Waals surface area contributed by atoms with Gasteiger partial charge < -0.3 is 4.79 Å². The summed E-state index contributed by atoms with van der Waals surface area (Å²) in [4.78, 5) is 10.1. The Morgan fingerprint density at radius 1 is 1.46 bits per heavy atom. The third-order valence-electron chi connectivity index (χ3n) is 1.64. The topological polar surface area (TPSA) is 40.9 Å². The molecule has 66 valence electrons. The van der Waals surface area contributed by atoms with Gasteiger partial charge in [-0.2, -0.15) is 5.26 Å². The van der Waals surface area contributed by atoms with E-state index in [4.69, 9.17) is 5.26 Å². The standard InChI is InChI=1S/C10H8FNO/c11-10-5-8(2-1-3-13)4-9(6-10)7-12/h3-6H,1-2H2. The number of rotatable bonds is 3. The van der Waals surface area contributed by atoms with E-state index in [1.54, 1.807) is 6.07 Å². The molecule has 0 saturated heterocycles. The summed E-state index contributed by atoms with van der Waals surface area (Å²) in [6, 6.07) is 5.95. The first kappa shape index (κ1) is 9.40. The average Bonchev–Trinajstić information content (AvgIpc) is 2.14. The highest BCUT2D eigenvalue weighted by Crippen LogP contribution is 2.09. The molecule has 0 amide bonds. The molecule has 0 aliphatic rings. The Morgan fingerprint density at radius 3 is 2.85 bits per heavy atom. The van der Waals surface area contributed by atoms with Crippen molar-refractivity contribution in [2.24, 2.45) is 0 Å². The van der Waals surface area contributed by atoms with Crippen molar-refractivity contribution in [3.05, 3.63) is 35.1 Å². The number of aryl methyl sites for hydroxylation is 1. The van der Waals surface area contributed by atoms with Crippen LogP contribution in [0.4, 0.5) is 4.39 Å². The van der Waals surface area contributed by atoms with E-state index in [1.165, 1.54) is 12.1 Å². The second-order valence-electron chi connectivity index (χ2n) is 2.67. The Balaban J connectivity index is 2.89. The lowest BCUT2D eigenvalue weighted by Crippen LogP contribution is -1.89. The van der Waals surface area contributed by atoms with Crippen LogP contribution in [0.5, 0.6) is 0 Å². The van der Waals surface area contributed by atoms with Crippen molar-refractivity contribution in [1.82, 2.24) is 0 Å². The smallest absolute Gasteiger partial charge is 0.124 e. The summed E-state index contributed by atoms with van der Waals surface area (Å²) in [7, 11) is 0. The normalized spacial score (nSPS) is 9.23. The van der Waals surface area contributed by atoms with Crippen LogP contribution in [0.2, 0.25) is 0 Å². The fourth-order valence-electron chi connectivity index (χ4n) is 1.08. The van der Waals surface area contributed by atoms with Gasteiger partial charge in [-0.25, -0.2) is 4.39 Å². The Kier molecular flexibility index (Phi) is 3.15. The van der Waals surface area contributed by atoms with Gasteiger partial charge in [-0.1, -0.05) is 0 Å². The van der Waals surface area contributed by atoms with Gasteiger partial charge in [0.15, 0.2) is 0 Å². The molecular formula is C10H8FNO. The lowest BCUT2D eigenvalue weighted by Gasteiger charge is -1.98. The molecule has 0 aromatic heterocycles. The minimum Gasteiger partial charge on any atom is -0.303 e. The number of carbonyl (C=O) groups excluding carboxylic acids is 1. The van der Waals surface area contributed by atoms with Gasteiger partial charge in [-0.15, -0.1) is 0 Å². The maximum atomic E-state index is 12.8. The van der Waals surface area contributed by atoms with Crippen LogP contribution in [0.25, 0.3) is 0 Å². The zero-order valence-corrected chi connectivity index (χ0v) is 6.96. The van der Waals surface area contributed by atoms with Crippen LogP contribution in [-0.2, 0) is 11.2 Å². The minimum absolute atomic E-state index is 0.292. The van der Waals surface area contributed by atoms with Crippen molar-refractivity contribution >= 4 is 6.29 Å². The number of aldehydes is 1. The first-order chi connectivity index (χ1) is 6.26. The molecule has 0 heterocycles. The van der Waals surface area contributed by atoms with Gasteiger partial charge in [0.2, 0.25) is 0 Å². The highest BCUT2D eigenvalue weighted by atomic mass is 19.1. The summed E-state index contributed by atoms with van der Waals surface area (Å²) in [6.45, 7) is 0. The molecule has 0 fully saturated rings. The SMILES string of the molecule is N#Cc1cc(F)cc(CCC=O)c1. The van der Waals surface area contributed by atoms with Crippen molar-refractivity contribution in [2.75, 3.05) is 0 Å². The minimum atomic E-state index is -0.431. The fourth-order valence-corrected chi connectivity index (χ4v) is 1.08. The predicted molar refractivity (Wildman–Crippen MR) is 45.5 cm³/mol. The second-order valence-corrected chi connectivity index (χ2v) is 2.67. The van der Waals surface area contributed by atoms with Crippen LogP contribution in [0.1, 0.15) is 17.5 Å². The fraction of sp³-hybridized carbons (Fsp3) is 0.200. The molecule has 0 N–H and O–H groups in total. The predicted octanol–water partition coefficient (Wildman–Crippen LogP) is 1.83. The van der Waals surface area contributed by atoms with Crippen LogP contribution in [0, 0.1) is 17.1 Å². The zero-order valence-electron chi connectivity index (χ0n) is 6.96. The van der Waals surface area contributed by atoms with Gasteiger partial charge in [0.1, 0.15) is 12.1 Å². The number of carbonyl (C=O) groups is 1. The molecular weight excluding hydrogens is 169 g/mol. The molecule has 0 aliphatic carbocycles. The van der Waals surface area contributed by atoms with Gasteiger partial charge in [-0.05, 0) is 30.2 Å². The maximum Gasteiger partial charge on any atom is 0.124 e. The molecule has 2 nitrogen and oxygen atoms in total. The third-order valence-corrected chi connectivity index (χ3v) is 1.64. The number of hydrogen-bond acceptors (Lipinski definition) is 2. The van der Waals surface area contributed by atoms with Gasteiger partial charge in [0, 0.05) is 6.42 Å². The number of nitriles is 1. The largest absolute Gasteiger partial charge is 0.303 e. The molecule has 1 aromatic rings. The van der Waals surface area contributed by atoms with E-state index < -0.39 is 5.82 Å². The summed E-state index contributed by atoms with van der Waals surface area (Å²) >= 11 is 0. The van der Waals surface area contributed by atoms with E-state index >= 15 is 0 Å². The summed E-state index contributed by atoms with van der Waals surface area (Å²) < 4.78 is 12.8. The van der Waals surface area contributed by atoms with Crippen molar-refractivity contribution in [3.63, 3.8) is 0 Å².